The van der Waals surface area contributed by atoms with E-state index in [1.807, 2.05) is 27.7 Å². The molecular formula is C19H26N4O3S. The Morgan fingerprint density at radius 1 is 1.30 bits per heavy atom. The lowest BCUT2D eigenvalue weighted by atomic mass is 9.87. The molecular weight excluding hydrogens is 364 g/mol. The largest absolute Gasteiger partial charge is 0.336 e. The van der Waals surface area contributed by atoms with Gasteiger partial charge < -0.3 is 5.32 Å². The van der Waals surface area contributed by atoms with Crippen LogP contribution in [0.25, 0.3) is 0 Å². The van der Waals surface area contributed by atoms with Gasteiger partial charge in [-0.1, -0.05) is 39.8 Å². The Kier molecular flexibility index (Phi) is 5.66. The molecule has 2 N–H and O–H groups in total. The second kappa shape index (κ2) is 7.31. The van der Waals surface area contributed by atoms with Crippen LogP contribution in [0.5, 0.6) is 0 Å². The molecule has 8 heteroatoms. The maximum atomic E-state index is 12.9. The lowest BCUT2D eigenvalue weighted by Crippen LogP contribution is -2.49. The summed E-state index contributed by atoms with van der Waals surface area (Å²) in [5.74, 6) is -0.239. The Morgan fingerprint density at radius 2 is 1.93 bits per heavy atom. The maximum absolute atomic E-state index is 12.9. The van der Waals surface area contributed by atoms with E-state index in [-0.39, 0.29) is 16.1 Å². The number of carbonyl (C=O) groups excluding carboxylic acids is 1. The highest BCUT2D eigenvalue weighted by Crippen LogP contribution is 2.26. The first-order valence-electron chi connectivity index (χ1n) is 8.84. The highest BCUT2D eigenvalue weighted by atomic mass is 32.2. The molecule has 0 aliphatic carbocycles. The number of amides is 1. The van der Waals surface area contributed by atoms with Crippen LogP contribution in [0.2, 0.25) is 0 Å². The summed E-state index contributed by atoms with van der Waals surface area (Å²) in [6, 6.07) is 7.80. The molecule has 1 aliphatic heterocycles. The van der Waals surface area contributed by atoms with Gasteiger partial charge in [0.25, 0.3) is 10.0 Å². The summed E-state index contributed by atoms with van der Waals surface area (Å²) < 4.78 is 27.0. The van der Waals surface area contributed by atoms with E-state index in [9.17, 15) is 18.5 Å². The Balaban J connectivity index is 2.43. The van der Waals surface area contributed by atoms with Crippen molar-refractivity contribution in [2.75, 3.05) is 0 Å². The maximum Gasteiger partial charge on any atom is 0.263 e. The summed E-state index contributed by atoms with van der Waals surface area (Å²) >= 11 is 0. The van der Waals surface area contributed by atoms with Gasteiger partial charge in [0.15, 0.2) is 0 Å². The fourth-order valence-electron chi connectivity index (χ4n) is 2.71. The van der Waals surface area contributed by atoms with Gasteiger partial charge in [-0.2, -0.15) is 5.26 Å². The van der Waals surface area contributed by atoms with E-state index >= 15 is 0 Å². The van der Waals surface area contributed by atoms with E-state index in [4.69, 9.17) is 0 Å². The Morgan fingerprint density at radius 3 is 2.48 bits per heavy atom. The second-order valence-electron chi connectivity index (χ2n) is 8.15. The fraction of sp³-hybridized carbons (Fsp3) is 0.526. The van der Waals surface area contributed by atoms with Gasteiger partial charge >= 0.3 is 0 Å². The van der Waals surface area contributed by atoms with Crippen LogP contribution < -0.4 is 10.0 Å². The molecule has 0 spiro atoms. The van der Waals surface area contributed by atoms with Crippen molar-refractivity contribution in [1.82, 2.24) is 10.0 Å². The Labute approximate surface area is 160 Å². The monoisotopic (exact) mass is 390 g/mol. The van der Waals surface area contributed by atoms with Crippen molar-refractivity contribution >= 4 is 21.8 Å². The lowest BCUT2D eigenvalue weighted by molar-refractivity contribution is -0.124. The SMILES string of the molecule is CCC(C)(C#N)NC(=O)C(CC(C)(C)C)N=C1NS(=O)(=O)c2ccccc21. The number of benzene rings is 1. The summed E-state index contributed by atoms with van der Waals surface area (Å²) in [7, 11) is -3.68. The van der Waals surface area contributed by atoms with Gasteiger partial charge in [-0.3, -0.25) is 14.5 Å². The molecule has 0 aromatic heterocycles. The van der Waals surface area contributed by atoms with Crippen molar-refractivity contribution < 1.29 is 13.2 Å². The summed E-state index contributed by atoms with van der Waals surface area (Å²) in [6.07, 6.45) is 0.848. The van der Waals surface area contributed by atoms with Crippen LogP contribution in [-0.4, -0.2) is 31.7 Å². The number of hydrogen-bond donors (Lipinski definition) is 2. The highest BCUT2D eigenvalue weighted by Gasteiger charge is 2.34. The number of rotatable bonds is 5. The van der Waals surface area contributed by atoms with Gasteiger partial charge in [0.1, 0.15) is 17.4 Å². The Bertz CT molecular complexity index is 910. The van der Waals surface area contributed by atoms with Gasteiger partial charge in [0, 0.05) is 5.56 Å². The molecule has 0 saturated carbocycles. The van der Waals surface area contributed by atoms with Crippen molar-refractivity contribution in [2.24, 2.45) is 10.4 Å². The number of hydrogen-bond acceptors (Lipinski definition) is 5. The average molecular weight is 391 g/mol. The number of nitrogens with zero attached hydrogens (tertiary/aromatic N) is 2. The summed E-state index contributed by atoms with van der Waals surface area (Å²) in [4.78, 5) is 17.5. The molecule has 0 bridgehead atoms. The van der Waals surface area contributed by atoms with E-state index in [1.165, 1.54) is 6.07 Å². The molecule has 7 nitrogen and oxygen atoms in total. The fourth-order valence-corrected chi connectivity index (χ4v) is 3.95. The first kappa shape index (κ1) is 20.9. The van der Waals surface area contributed by atoms with Gasteiger partial charge in [0.05, 0.1) is 11.0 Å². The number of nitrogens with one attached hydrogen (secondary N) is 2. The van der Waals surface area contributed by atoms with Crippen molar-refractivity contribution in [1.29, 1.82) is 5.26 Å². The van der Waals surface area contributed by atoms with Gasteiger partial charge in [-0.05, 0) is 37.3 Å². The van der Waals surface area contributed by atoms with Crippen LogP contribution in [0.15, 0.2) is 34.2 Å². The molecule has 0 radical (unpaired) electrons. The number of sulfonamides is 1. The third kappa shape index (κ3) is 4.86. The zero-order chi connectivity index (χ0) is 20.5. The predicted molar refractivity (Wildman–Crippen MR) is 104 cm³/mol. The van der Waals surface area contributed by atoms with E-state index in [2.05, 4.69) is 21.1 Å². The molecule has 2 atom stereocenters. The number of amidine groups is 1. The lowest BCUT2D eigenvalue weighted by Gasteiger charge is -2.27. The minimum Gasteiger partial charge on any atom is -0.336 e. The van der Waals surface area contributed by atoms with Crippen LogP contribution >= 0.6 is 0 Å². The molecule has 2 unspecified atom stereocenters. The van der Waals surface area contributed by atoms with E-state index < -0.39 is 27.5 Å². The van der Waals surface area contributed by atoms with E-state index in [0.29, 0.717) is 18.4 Å². The van der Waals surface area contributed by atoms with Crippen LogP contribution in [0.3, 0.4) is 0 Å². The number of fused-ring (bicyclic) bond motifs is 1. The summed E-state index contributed by atoms with van der Waals surface area (Å²) in [5, 5.41) is 12.1. The smallest absolute Gasteiger partial charge is 0.263 e. The van der Waals surface area contributed by atoms with Gasteiger partial charge in [0.2, 0.25) is 5.91 Å². The van der Waals surface area contributed by atoms with Gasteiger partial charge in [-0.15, -0.1) is 0 Å². The van der Waals surface area contributed by atoms with Crippen molar-refractivity contribution in [2.45, 2.75) is 63.9 Å². The van der Waals surface area contributed by atoms with E-state index in [1.54, 1.807) is 25.1 Å². The summed E-state index contributed by atoms with van der Waals surface area (Å²) in [6.45, 7) is 9.39. The molecule has 2 rings (SSSR count). The summed E-state index contributed by atoms with van der Waals surface area (Å²) in [5.41, 5.74) is -0.776. The number of aliphatic imine (C=N–C) groups is 1. The van der Waals surface area contributed by atoms with Crippen LogP contribution in [0.1, 0.15) is 53.0 Å². The van der Waals surface area contributed by atoms with Crippen LogP contribution in [-0.2, 0) is 14.8 Å². The zero-order valence-corrected chi connectivity index (χ0v) is 17.1. The molecule has 0 fully saturated rings. The molecule has 1 amide bonds. The first-order chi connectivity index (χ1) is 12.4. The molecule has 1 aromatic carbocycles. The third-order valence-electron chi connectivity index (χ3n) is 4.41. The highest BCUT2D eigenvalue weighted by molar-refractivity contribution is 7.90. The van der Waals surface area contributed by atoms with Crippen LogP contribution in [0.4, 0.5) is 0 Å². The number of nitriles is 1. The molecule has 1 heterocycles. The average Bonchev–Trinajstić information content (AvgIpc) is 2.84. The quantitative estimate of drug-likeness (QED) is 0.803. The van der Waals surface area contributed by atoms with Crippen molar-refractivity contribution in [3.63, 3.8) is 0 Å². The first-order valence-corrected chi connectivity index (χ1v) is 10.3. The molecule has 1 aromatic rings. The standard InChI is InChI=1S/C19H26N4O3S/c1-6-19(5,12-20)22-17(24)14(11-18(2,3)4)21-16-13-9-7-8-10-15(13)27(25,26)23-16/h7-10,14H,6,11H2,1-5H3,(H,21,23)(H,22,24). The number of carbonyl (C=O) groups is 1. The normalized spacial score (nSPS) is 20.1. The van der Waals surface area contributed by atoms with Crippen molar-refractivity contribution in [3.8, 4) is 6.07 Å². The molecule has 27 heavy (non-hydrogen) atoms. The topological polar surface area (TPSA) is 111 Å². The molecule has 146 valence electrons. The minimum absolute atomic E-state index is 0.147. The zero-order valence-electron chi connectivity index (χ0n) is 16.3. The van der Waals surface area contributed by atoms with Crippen molar-refractivity contribution in [3.05, 3.63) is 29.8 Å². The Hall–Kier alpha value is -2.40. The van der Waals surface area contributed by atoms with Crippen LogP contribution in [0, 0.1) is 16.7 Å². The third-order valence-corrected chi connectivity index (χ3v) is 5.81. The second-order valence-corrected chi connectivity index (χ2v) is 9.80. The molecule has 1 aliphatic rings. The molecule has 0 saturated heterocycles. The predicted octanol–water partition coefficient (Wildman–Crippen LogP) is 2.34. The minimum atomic E-state index is -3.68. The van der Waals surface area contributed by atoms with Gasteiger partial charge in [-0.25, -0.2) is 8.42 Å². The van der Waals surface area contributed by atoms with E-state index in [0.717, 1.165) is 0 Å².